The molecule has 2 saturated carbocycles. The molecule has 7 rings (SSSR count). The number of carbonyl (C=O) groups excluding carboxylic acids is 3. The van der Waals surface area contributed by atoms with Gasteiger partial charge in [-0.15, -0.1) is 10.2 Å². The fourth-order valence-electron chi connectivity index (χ4n) is 5.47. The number of carbonyl (C=O) groups is 3. The zero-order chi connectivity index (χ0) is 27.2. The normalized spacial score (nSPS) is 20.9. The van der Waals surface area contributed by atoms with Gasteiger partial charge in [-0.3, -0.25) is 14.4 Å². The molecular weight excluding hydrogens is 526 g/mol. The molecule has 4 aliphatic rings. The van der Waals surface area contributed by atoms with Crippen LogP contribution in [-0.2, 0) is 16.1 Å². The highest BCUT2D eigenvalue weighted by molar-refractivity contribution is 7.14. The average Bonchev–Trinajstić information content (AvgIpc) is 3.87. The molecule has 0 unspecified atom stereocenters. The summed E-state index contributed by atoms with van der Waals surface area (Å²) in [6.45, 7) is 1.71. The lowest BCUT2D eigenvalue weighted by Crippen LogP contribution is -2.37. The Hall–Kier alpha value is -3.79. The van der Waals surface area contributed by atoms with Crippen molar-refractivity contribution < 1.29 is 19.1 Å². The van der Waals surface area contributed by atoms with Crippen LogP contribution in [-0.4, -0.2) is 62.9 Å². The van der Waals surface area contributed by atoms with Gasteiger partial charge in [0.1, 0.15) is 21.5 Å². The Labute approximate surface area is 236 Å². The third-order valence-electron chi connectivity index (χ3n) is 8.04. The first kappa shape index (κ1) is 25.2. The number of hydrogen-bond acceptors (Lipinski definition) is 7. The van der Waals surface area contributed by atoms with Crippen molar-refractivity contribution in [2.45, 2.75) is 69.5 Å². The molecular formula is C30H31N5O4S. The van der Waals surface area contributed by atoms with Crippen molar-refractivity contribution in [2.24, 2.45) is 0 Å². The zero-order valence-corrected chi connectivity index (χ0v) is 23.0. The molecule has 40 heavy (non-hydrogen) atoms. The molecule has 4 fully saturated rings. The minimum absolute atomic E-state index is 0.114. The lowest BCUT2D eigenvalue weighted by molar-refractivity contribution is -0.129. The summed E-state index contributed by atoms with van der Waals surface area (Å²) < 4.78 is 6.32. The summed E-state index contributed by atoms with van der Waals surface area (Å²) in [4.78, 5) is 41.6. The minimum atomic E-state index is -0.234. The Morgan fingerprint density at radius 3 is 2.58 bits per heavy atom. The number of nitrogens with zero attached hydrogens (tertiary/aromatic N) is 4. The van der Waals surface area contributed by atoms with E-state index in [2.05, 4.69) is 15.5 Å². The molecule has 206 valence electrons. The fraction of sp³-hybridized carbons (Fsp3) is 0.433. The third kappa shape index (κ3) is 5.32. The van der Waals surface area contributed by atoms with Crippen molar-refractivity contribution in [3.8, 4) is 22.1 Å². The second-order valence-electron chi connectivity index (χ2n) is 11.2. The Morgan fingerprint density at radius 2 is 1.85 bits per heavy atom. The van der Waals surface area contributed by atoms with Crippen molar-refractivity contribution >= 4 is 29.1 Å². The van der Waals surface area contributed by atoms with E-state index in [0.29, 0.717) is 61.5 Å². The molecule has 0 spiro atoms. The third-order valence-corrected chi connectivity index (χ3v) is 9.17. The Kier molecular flexibility index (Phi) is 6.50. The number of ether oxygens (including phenoxy) is 1. The van der Waals surface area contributed by atoms with E-state index in [9.17, 15) is 14.4 Å². The number of hydrogen-bond donors (Lipinski definition) is 1. The molecule has 0 radical (unpaired) electrons. The summed E-state index contributed by atoms with van der Waals surface area (Å²) in [5.74, 6) is 1.75. The molecule has 1 aromatic heterocycles. The Bertz CT molecular complexity index is 1460. The van der Waals surface area contributed by atoms with E-state index < -0.39 is 0 Å². The van der Waals surface area contributed by atoms with Crippen LogP contribution < -0.4 is 10.1 Å². The number of amides is 3. The van der Waals surface area contributed by atoms with Crippen molar-refractivity contribution in [3.05, 3.63) is 58.6 Å². The molecule has 1 N–H and O–H groups in total. The summed E-state index contributed by atoms with van der Waals surface area (Å²) in [5, 5.41) is 13.7. The van der Waals surface area contributed by atoms with Gasteiger partial charge in [-0.05, 0) is 68.5 Å². The zero-order valence-electron chi connectivity index (χ0n) is 22.2. The largest absolute Gasteiger partial charge is 0.457 e. The van der Waals surface area contributed by atoms with Crippen molar-refractivity contribution in [1.29, 1.82) is 0 Å². The molecule has 0 bridgehead atoms. The molecule has 3 amide bonds. The van der Waals surface area contributed by atoms with Gasteiger partial charge in [0, 0.05) is 61.1 Å². The van der Waals surface area contributed by atoms with Crippen LogP contribution in [0.5, 0.6) is 11.5 Å². The SMILES string of the molecule is O=C(N[C@H]1CC(=O)N(C2CC2)C1)c1ccc(CN2CCCC2=O)c(Oc2ccc(-c3nnc(C4CC4)s3)cc2)c1. The van der Waals surface area contributed by atoms with Gasteiger partial charge in [-0.25, -0.2) is 0 Å². The monoisotopic (exact) mass is 557 g/mol. The number of likely N-dealkylation sites (tertiary alicyclic amines) is 2. The van der Waals surface area contributed by atoms with Crippen molar-refractivity contribution in [2.75, 3.05) is 13.1 Å². The van der Waals surface area contributed by atoms with Crippen LogP contribution in [0.3, 0.4) is 0 Å². The predicted octanol–water partition coefficient (Wildman–Crippen LogP) is 4.49. The maximum absolute atomic E-state index is 13.2. The van der Waals surface area contributed by atoms with Gasteiger partial charge in [-0.1, -0.05) is 17.4 Å². The molecule has 3 heterocycles. The summed E-state index contributed by atoms with van der Waals surface area (Å²) in [6, 6.07) is 13.2. The highest BCUT2D eigenvalue weighted by atomic mass is 32.1. The van der Waals surface area contributed by atoms with E-state index in [1.165, 1.54) is 12.8 Å². The second-order valence-corrected chi connectivity index (χ2v) is 12.2. The lowest BCUT2D eigenvalue weighted by Gasteiger charge is -2.20. The lowest BCUT2D eigenvalue weighted by atomic mass is 10.1. The van der Waals surface area contributed by atoms with Crippen LogP contribution in [0.1, 0.15) is 71.8 Å². The van der Waals surface area contributed by atoms with E-state index >= 15 is 0 Å². The van der Waals surface area contributed by atoms with E-state index in [4.69, 9.17) is 4.74 Å². The van der Waals surface area contributed by atoms with Crippen LogP contribution in [0.15, 0.2) is 42.5 Å². The number of nitrogens with one attached hydrogen (secondary N) is 1. The van der Waals surface area contributed by atoms with Gasteiger partial charge in [-0.2, -0.15) is 0 Å². The first-order chi connectivity index (χ1) is 19.5. The topological polar surface area (TPSA) is 105 Å². The predicted molar refractivity (Wildman–Crippen MR) is 149 cm³/mol. The molecule has 2 saturated heterocycles. The van der Waals surface area contributed by atoms with Crippen LogP contribution in [0.25, 0.3) is 10.6 Å². The second kappa shape index (κ2) is 10.3. The molecule has 3 aromatic rings. The van der Waals surface area contributed by atoms with Crippen molar-refractivity contribution in [1.82, 2.24) is 25.3 Å². The standard InChI is InChI=1S/C30H31N5O4S/c36-26-2-1-13-34(26)16-21-6-5-20(28(38)31-22-15-27(37)35(17-22)23-9-10-23)14-25(21)39-24-11-7-19(8-12-24)30-33-32-29(40-30)18-3-4-18/h5-8,11-12,14,18,22-23H,1-4,9-10,13,15-17H2,(H,31,38)/t22-/m0/s1. The van der Waals surface area contributed by atoms with E-state index in [1.807, 2.05) is 40.1 Å². The Morgan fingerprint density at radius 1 is 1.02 bits per heavy atom. The highest BCUT2D eigenvalue weighted by Gasteiger charge is 2.39. The van der Waals surface area contributed by atoms with Crippen molar-refractivity contribution in [3.63, 3.8) is 0 Å². The quantitative estimate of drug-likeness (QED) is 0.416. The summed E-state index contributed by atoms with van der Waals surface area (Å²) in [7, 11) is 0. The average molecular weight is 558 g/mol. The van der Waals surface area contributed by atoms with Gasteiger partial charge >= 0.3 is 0 Å². The van der Waals surface area contributed by atoms with Crippen LogP contribution in [0.2, 0.25) is 0 Å². The minimum Gasteiger partial charge on any atom is -0.457 e. The van der Waals surface area contributed by atoms with Crippen LogP contribution >= 0.6 is 11.3 Å². The van der Waals surface area contributed by atoms with E-state index in [1.54, 1.807) is 23.5 Å². The first-order valence-corrected chi connectivity index (χ1v) is 14.9. The molecule has 2 aromatic carbocycles. The maximum Gasteiger partial charge on any atom is 0.251 e. The molecule has 2 aliphatic heterocycles. The van der Waals surface area contributed by atoms with E-state index in [0.717, 1.165) is 40.4 Å². The molecule has 2 aliphatic carbocycles. The number of aromatic nitrogens is 2. The molecule has 10 heteroatoms. The van der Waals surface area contributed by atoms with Crippen LogP contribution in [0, 0.1) is 0 Å². The number of rotatable bonds is 9. The first-order valence-electron chi connectivity index (χ1n) is 14.1. The summed E-state index contributed by atoms with van der Waals surface area (Å²) in [5.41, 5.74) is 2.28. The fourth-order valence-corrected chi connectivity index (χ4v) is 6.49. The van der Waals surface area contributed by atoms with Crippen LogP contribution in [0.4, 0.5) is 0 Å². The van der Waals surface area contributed by atoms with Gasteiger partial charge < -0.3 is 19.9 Å². The summed E-state index contributed by atoms with van der Waals surface area (Å²) >= 11 is 1.64. The highest BCUT2D eigenvalue weighted by Crippen LogP contribution is 2.43. The number of benzene rings is 2. The van der Waals surface area contributed by atoms with Gasteiger partial charge in [0.2, 0.25) is 11.8 Å². The molecule has 9 nitrogen and oxygen atoms in total. The smallest absolute Gasteiger partial charge is 0.251 e. The Balaban J connectivity index is 1.09. The van der Waals surface area contributed by atoms with E-state index in [-0.39, 0.29) is 23.8 Å². The maximum atomic E-state index is 13.2. The van der Waals surface area contributed by atoms with Gasteiger partial charge in [0.25, 0.3) is 5.91 Å². The summed E-state index contributed by atoms with van der Waals surface area (Å²) in [6.07, 6.45) is 6.24. The molecule has 1 atom stereocenters. The van der Waals surface area contributed by atoms with Gasteiger partial charge in [0.05, 0.1) is 6.04 Å². The van der Waals surface area contributed by atoms with Gasteiger partial charge in [0.15, 0.2) is 0 Å².